The number of hydrogen-bond acceptors (Lipinski definition) is 4. The van der Waals surface area contributed by atoms with Gasteiger partial charge in [-0.05, 0) is 75.9 Å². The van der Waals surface area contributed by atoms with Crippen molar-refractivity contribution >= 4 is 29.5 Å². The summed E-state index contributed by atoms with van der Waals surface area (Å²) in [5.74, 6) is 0. The predicted octanol–water partition coefficient (Wildman–Crippen LogP) is 6.02. The molecule has 1 amide bonds. The second-order valence-corrected chi connectivity index (χ2v) is 10.0. The number of piperidine rings is 1. The lowest BCUT2D eigenvalue weighted by Crippen LogP contribution is -2.47. The van der Waals surface area contributed by atoms with Crippen molar-refractivity contribution in [2.75, 3.05) is 13.1 Å². The van der Waals surface area contributed by atoms with Crippen LogP contribution >= 0.6 is 23.4 Å². The summed E-state index contributed by atoms with van der Waals surface area (Å²) in [6.45, 7) is 8.53. The van der Waals surface area contributed by atoms with E-state index in [1.807, 2.05) is 70.2 Å². The average molecular weight is 434 g/mol. The van der Waals surface area contributed by atoms with Crippen molar-refractivity contribution in [1.82, 2.24) is 4.90 Å². The fourth-order valence-electron chi connectivity index (χ4n) is 3.44. The highest BCUT2D eigenvalue weighted by atomic mass is 35.5. The van der Waals surface area contributed by atoms with Crippen LogP contribution in [0.15, 0.2) is 52.3 Å². The van der Waals surface area contributed by atoms with Crippen molar-refractivity contribution in [2.45, 2.75) is 61.5 Å². The number of halogens is 1. The Balaban J connectivity index is 1.77. The van der Waals surface area contributed by atoms with E-state index in [9.17, 15) is 9.90 Å². The Morgan fingerprint density at radius 1 is 1.14 bits per heavy atom. The lowest BCUT2D eigenvalue weighted by molar-refractivity contribution is -0.0371. The number of ether oxygens (including phenoxy) is 1. The third-order valence-corrected chi connectivity index (χ3v) is 6.48. The lowest BCUT2D eigenvalue weighted by Gasteiger charge is -2.39. The molecule has 0 aliphatic carbocycles. The van der Waals surface area contributed by atoms with Crippen LogP contribution in [0.4, 0.5) is 4.79 Å². The molecule has 0 saturated carbocycles. The standard InChI is InChI=1S/C23H28ClNO3S/c1-16-15-17(24)9-10-19(16)29-20-8-6-5-7-18(20)23(27)11-13-25(14-12-23)21(26)28-22(2,3)4/h5-10,15,27H,11-14H2,1-4H3. The van der Waals surface area contributed by atoms with Crippen LogP contribution in [0.5, 0.6) is 0 Å². The highest BCUT2D eigenvalue weighted by Crippen LogP contribution is 2.41. The first-order chi connectivity index (χ1) is 13.6. The Kier molecular flexibility index (Phi) is 6.51. The molecule has 1 aliphatic rings. The number of carbonyl (C=O) groups is 1. The molecule has 1 aliphatic heterocycles. The van der Waals surface area contributed by atoms with E-state index in [0.29, 0.717) is 31.0 Å². The van der Waals surface area contributed by atoms with Crippen LogP contribution in [0.1, 0.15) is 44.7 Å². The predicted molar refractivity (Wildman–Crippen MR) is 118 cm³/mol. The maximum Gasteiger partial charge on any atom is 0.410 e. The molecular weight excluding hydrogens is 406 g/mol. The first kappa shape index (κ1) is 22.0. The number of rotatable bonds is 3. The molecule has 6 heteroatoms. The Morgan fingerprint density at radius 3 is 2.41 bits per heavy atom. The number of likely N-dealkylation sites (tertiary alicyclic amines) is 1. The Morgan fingerprint density at radius 2 is 1.79 bits per heavy atom. The van der Waals surface area contributed by atoms with E-state index in [2.05, 4.69) is 0 Å². The van der Waals surface area contributed by atoms with Crippen LogP contribution in [-0.2, 0) is 10.3 Å². The van der Waals surface area contributed by atoms with Gasteiger partial charge in [-0.1, -0.05) is 41.6 Å². The molecule has 1 fully saturated rings. The molecule has 0 radical (unpaired) electrons. The number of carbonyl (C=O) groups excluding carboxylic acids is 1. The lowest BCUT2D eigenvalue weighted by atomic mass is 9.84. The normalized spacial score (nSPS) is 16.6. The zero-order valence-electron chi connectivity index (χ0n) is 17.4. The Labute approximate surface area is 182 Å². The summed E-state index contributed by atoms with van der Waals surface area (Å²) >= 11 is 7.72. The van der Waals surface area contributed by atoms with E-state index >= 15 is 0 Å². The summed E-state index contributed by atoms with van der Waals surface area (Å²) in [6.07, 6.45) is 0.631. The Bertz CT molecular complexity index is 886. The summed E-state index contributed by atoms with van der Waals surface area (Å²) < 4.78 is 5.47. The SMILES string of the molecule is Cc1cc(Cl)ccc1Sc1ccccc1C1(O)CCN(C(=O)OC(C)(C)C)CC1. The minimum Gasteiger partial charge on any atom is -0.444 e. The zero-order valence-corrected chi connectivity index (χ0v) is 18.9. The van der Waals surface area contributed by atoms with Crippen LogP contribution < -0.4 is 0 Å². The summed E-state index contributed by atoms with van der Waals surface area (Å²) in [4.78, 5) is 16.1. The molecule has 156 valence electrons. The number of nitrogens with zero attached hydrogens (tertiary/aromatic N) is 1. The molecule has 1 heterocycles. The second-order valence-electron chi connectivity index (χ2n) is 8.51. The van der Waals surface area contributed by atoms with Crippen LogP contribution in [0, 0.1) is 6.92 Å². The second kappa shape index (κ2) is 8.58. The van der Waals surface area contributed by atoms with Gasteiger partial charge in [-0.15, -0.1) is 0 Å². The van der Waals surface area contributed by atoms with E-state index < -0.39 is 11.2 Å². The van der Waals surface area contributed by atoms with Gasteiger partial charge in [0, 0.05) is 27.9 Å². The molecule has 0 spiro atoms. The van der Waals surface area contributed by atoms with Crippen molar-refractivity contribution in [3.8, 4) is 0 Å². The van der Waals surface area contributed by atoms with E-state index in [4.69, 9.17) is 16.3 Å². The quantitative estimate of drug-likeness (QED) is 0.643. The number of aryl methyl sites for hydroxylation is 1. The number of benzene rings is 2. The molecular formula is C23H28ClNO3S. The fourth-order valence-corrected chi connectivity index (χ4v) is 4.78. The Hall–Kier alpha value is -1.69. The smallest absolute Gasteiger partial charge is 0.410 e. The van der Waals surface area contributed by atoms with Gasteiger partial charge in [0.25, 0.3) is 0 Å². The monoisotopic (exact) mass is 433 g/mol. The molecule has 0 unspecified atom stereocenters. The van der Waals surface area contributed by atoms with Crippen molar-refractivity contribution in [2.24, 2.45) is 0 Å². The van der Waals surface area contributed by atoms with E-state index in [0.717, 1.165) is 20.9 Å². The number of aliphatic hydroxyl groups is 1. The van der Waals surface area contributed by atoms with Gasteiger partial charge in [-0.3, -0.25) is 0 Å². The van der Waals surface area contributed by atoms with Gasteiger partial charge in [-0.25, -0.2) is 4.79 Å². The van der Waals surface area contributed by atoms with Crippen molar-refractivity contribution < 1.29 is 14.6 Å². The summed E-state index contributed by atoms with van der Waals surface area (Å²) in [6, 6.07) is 13.8. The maximum absolute atomic E-state index is 12.3. The molecule has 2 aromatic carbocycles. The van der Waals surface area contributed by atoms with Gasteiger partial charge in [0.15, 0.2) is 0 Å². The molecule has 4 nitrogen and oxygen atoms in total. The van der Waals surface area contributed by atoms with Gasteiger partial charge in [-0.2, -0.15) is 0 Å². The highest BCUT2D eigenvalue weighted by Gasteiger charge is 2.38. The van der Waals surface area contributed by atoms with Crippen molar-refractivity contribution in [3.05, 3.63) is 58.6 Å². The summed E-state index contributed by atoms with van der Waals surface area (Å²) in [5.41, 5.74) is 0.514. The maximum atomic E-state index is 12.3. The fraction of sp³-hybridized carbons (Fsp3) is 0.435. The molecule has 29 heavy (non-hydrogen) atoms. The third kappa shape index (κ3) is 5.47. The van der Waals surface area contributed by atoms with Gasteiger partial charge >= 0.3 is 6.09 Å². The first-order valence-corrected chi connectivity index (χ1v) is 11.0. The molecule has 3 rings (SSSR count). The highest BCUT2D eigenvalue weighted by molar-refractivity contribution is 7.99. The largest absolute Gasteiger partial charge is 0.444 e. The number of amides is 1. The van der Waals surface area contributed by atoms with Crippen LogP contribution in [0.2, 0.25) is 5.02 Å². The average Bonchev–Trinajstić information content (AvgIpc) is 2.63. The first-order valence-electron chi connectivity index (χ1n) is 9.81. The molecule has 1 N–H and O–H groups in total. The van der Waals surface area contributed by atoms with Crippen LogP contribution in [0.3, 0.4) is 0 Å². The van der Waals surface area contributed by atoms with E-state index in [1.165, 1.54) is 0 Å². The summed E-state index contributed by atoms with van der Waals surface area (Å²) in [7, 11) is 0. The zero-order chi connectivity index (χ0) is 21.2. The minimum absolute atomic E-state index is 0.320. The van der Waals surface area contributed by atoms with Gasteiger partial charge in [0.1, 0.15) is 5.60 Å². The van der Waals surface area contributed by atoms with E-state index in [1.54, 1.807) is 16.7 Å². The van der Waals surface area contributed by atoms with Crippen LogP contribution in [-0.4, -0.2) is 34.8 Å². The molecule has 1 saturated heterocycles. The topological polar surface area (TPSA) is 49.8 Å². The molecule has 2 aromatic rings. The molecule has 0 aromatic heterocycles. The summed E-state index contributed by atoms with van der Waals surface area (Å²) in [5, 5.41) is 12.1. The molecule has 0 bridgehead atoms. The van der Waals surface area contributed by atoms with Gasteiger partial charge in [0.2, 0.25) is 0 Å². The third-order valence-electron chi connectivity index (χ3n) is 4.99. The minimum atomic E-state index is -0.970. The van der Waals surface area contributed by atoms with Crippen molar-refractivity contribution in [3.63, 3.8) is 0 Å². The van der Waals surface area contributed by atoms with Gasteiger partial charge < -0.3 is 14.7 Å². The van der Waals surface area contributed by atoms with E-state index in [-0.39, 0.29) is 6.09 Å². The molecule has 0 atom stereocenters. The number of hydrogen-bond donors (Lipinski definition) is 1. The van der Waals surface area contributed by atoms with Gasteiger partial charge in [0.05, 0.1) is 5.60 Å². The van der Waals surface area contributed by atoms with Crippen molar-refractivity contribution in [1.29, 1.82) is 0 Å². The van der Waals surface area contributed by atoms with Crippen LogP contribution in [0.25, 0.3) is 0 Å².